The Balaban J connectivity index is 2.13. The number of hydrogen-bond acceptors (Lipinski definition) is 7. The lowest BCUT2D eigenvalue weighted by molar-refractivity contribution is -0.793. The van der Waals surface area contributed by atoms with Crippen molar-refractivity contribution >= 4 is 0 Å². The normalized spacial score (nSPS) is 11.4. The summed E-state index contributed by atoms with van der Waals surface area (Å²) >= 11 is 0. The van der Waals surface area contributed by atoms with Crippen LogP contribution in [-0.2, 0) is 6.42 Å². The van der Waals surface area contributed by atoms with E-state index in [1.165, 1.54) is 0 Å². The van der Waals surface area contributed by atoms with Crippen molar-refractivity contribution < 1.29 is 14.4 Å². The number of aryl methyl sites for hydroxylation is 2. The van der Waals surface area contributed by atoms with E-state index in [-0.39, 0.29) is 18.7 Å². The molecule has 0 saturated carbocycles. The van der Waals surface area contributed by atoms with E-state index in [0.717, 1.165) is 18.1 Å². The van der Waals surface area contributed by atoms with E-state index in [2.05, 4.69) is 10.1 Å². The molecule has 0 spiro atoms. The average Bonchev–Trinajstić information content (AvgIpc) is 2.93. The highest BCUT2D eigenvalue weighted by Gasteiger charge is 2.50. The summed E-state index contributed by atoms with van der Waals surface area (Å²) < 4.78 is 5.01. The van der Waals surface area contributed by atoms with Gasteiger partial charge in [-0.2, -0.15) is 4.98 Å². The molecular formula is C13H14N4O5. The zero-order chi connectivity index (χ0) is 16.3. The largest absolute Gasteiger partial charge is 0.456 e. The van der Waals surface area contributed by atoms with Crippen LogP contribution in [-0.4, -0.2) is 25.7 Å². The van der Waals surface area contributed by atoms with Gasteiger partial charge < -0.3 is 4.52 Å². The van der Waals surface area contributed by atoms with Crippen LogP contribution < -0.4 is 0 Å². The van der Waals surface area contributed by atoms with Gasteiger partial charge in [-0.15, -0.1) is 0 Å². The van der Waals surface area contributed by atoms with Gasteiger partial charge in [0.1, 0.15) is 0 Å². The Morgan fingerprint density at radius 1 is 1.27 bits per heavy atom. The number of aromatic nitrogens is 2. The highest BCUT2D eigenvalue weighted by molar-refractivity contribution is 5.55. The molecule has 0 atom stereocenters. The van der Waals surface area contributed by atoms with Gasteiger partial charge in [0.15, 0.2) is 0 Å². The molecule has 0 aliphatic heterocycles. The van der Waals surface area contributed by atoms with Crippen molar-refractivity contribution in [2.24, 2.45) is 0 Å². The summed E-state index contributed by atoms with van der Waals surface area (Å²) in [6.45, 7) is 2.88. The summed E-state index contributed by atoms with van der Waals surface area (Å²) in [5.41, 5.74) is -0.489. The summed E-state index contributed by atoms with van der Waals surface area (Å²) in [6, 6.07) is 7.44. The molecule has 9 heteroatoms. The fourth-order valence-corrected chi connectivity index (χ4v) is 1.85. The molecule has 0 radical (unpaired) electrons. The third-order valence-corrected chi connectivity index (χ3v) is 3.34. The molecule has 0 bridgehead atoms. The molecular weight excluding hydrogens is 292 g/mol. The summed E-state index contributed by atoms with van der Waals surface area (Å²) in [7, 11) is 0. The van der Waals surface area contributed by atoms with E-state index in [0.29, 0.717) is 5.82 Å². The Morgan fingerprint density at radius 3 is 2.55 bits per heavy atom. The molecule has 0 fully saturated rings. The van der Waals surface area contributed by atoms with E-state index in [4.69, 9.17) is 4.52 Å². The Bertz CT molecular complexity index is 698. The molecule has 0 amide bonds. The molecule has 9 nitrogen and oxygen atoms in total. The average molecular weight is 306 g/mol. The standard InChI is InChI=1S/C13H14N4O5/c1-9-4-3-5-10(8-9)12-14-11(22-15-12)6-7-13(2,16(18)19)17(20)21/h3-5,8H,6-7H2,1-2H3. The molecule has 0 N–H and O–H groups in total. The zero-order valence-electron chi connectivity index (χ0n) is 12.1. The predicted molar refractivity (Wildman–Crippen MR) is 75.2 cm³/mol. The minimum absolute atomic E-state index is 0.0444. The third kappa shape index (κ3) is 3.08. The molecule has 1 aromatic carbocycles. The monoisotopic (exact) mass is 306 g/mol. The van der Waals surface area contributed by atoms with Gasteiger partial charge in [0.2, 0.25) is 11.7 Å². The maximum absolute atomic E-state index is 10.8. The Hall–Kier alpha value is -2.84. The molecule has 2 aromatic rings. The van der Waals surface area contributed by atoms with Crippen LogP contribution in [0.2, 0.25) is 0 Å². The van der Waals surface area contributed by atoms with E-state index in [9.17, 15) is 20.2 Å². The number of rotatable bonds is 6. The topological polar surface area (TPSA) is 125 Å². The summed E-state index contributed by atoms with van der Waals surface area (Å²) in [5.74, 6) is 0.481. The molecule has 0 unspecified atom stereocenters. The quantitative estimate of drug-likeness (QED) is 0.455. The van der Waals surface area contributed by atoms with Gasteiger partial charge >= 0.3 is 5.66 Å². The SMILES string of the molecule is Cc1cccc(-c2noc(CCC(C)([N+](=O)[O-])[N+](=O)[O-])n2)c1. The maximum atomic E-state index is 10.8. The van der Waals surface area contributed by atoms with E-state index < -0.39 is 15.5 Å². The van der Waals surface area contributed by atoms with Crippen molar-refractivity contribution in [1.29, 1.82) is 0 Å². The van der Waals surface area contributed by atoms with Crippen molar-refractivity contribution in [2.75, 3.05) is 0 Å². The lowest BCUT2D eigenvalue weighted by atomic mass is 10.1. The second kappa shape index (κ2) is 5.88. The summed E-state index contributed by atoms with van der Waals surface area (Å²) in [4.78, 5) is 24.0. The third-order valence-electron chi connectivity index (χ3n) is 3.34. The van der Waals surface area contributed by atoms with Crippen molar-refractivity contribution in [3.05, 3.63) is 55.9 Å². The van der Waals surface area contributed by atoms with E-state index in [1.54, 1.807) is 6.07 Å². The smallest absolute Gasteiger partial charge is 0.339 e. The lowest BCUT2D eigenvalue weighted by Gasteiger charge is -2.10. The Kier molecular flexibility index (Phi) is 4.15. The second-order valence-corrected chi connectivity index (χ2v) is 5.11. The van der Waals surface area contributed by atoms with Crippen LogP contribution in [0.3, 0.4) is 0 Å². The van der Waals surface area contributed by atoms with Gasteiger partial charge in [-0.3, -0.25) is 20.2 Å². The van der Waals surface area contributed by atoms with Gasteiger partial charge in [-0.1, -0.05) is 28.9 Å². The molecule has 1 aromatic heterocycles. The zero-order valence-corrected chi connectivity index (χ0v) is 12.1. The predicted octanol–water partition coefficient (Wildman–Crippen LogP) is 2.25. The highest BCUT2D eigenvalue weighted by atomic mass is 16.7. The summed E-state index contributed by atoms with van der Waals surface area (Å²) in [6.07, 6.45) is -0.375. The molecule has 0 aliphatic carbocycles. The van der Waals surface area contributed by atoms with E-state index in [1.807, 2.05) is 25.1 Å². The molecule has 0 aliphatic rings. The van der Waals surface area contributed by atoms with Crippen LogP contribution in [0.5, 0.6) is 0 Å². The van der Waals surface area contributed by atoms with Crippen molar-refractivity contribution in [2.45, 2.75) is 32.4 Å². The van der Waals surface area contributed by atoms with Crippen LogP contribution in [0, 0.1) is 27.2 Å². The lowest BCUT2D eigenvalue weighted by Crippen LogP contribution is -2.43. The number of benzene rings is 1. The maximum Gasteiger partial charge on any atom is 0.456 e. The van der Waals surface area contributed by atoms with Crippen LogP contribution in [0.25, 0.3) is 11.4 Å². The fraction of sp³-hybridized carbons (Fsp3) is 0.385. The first-order chi connectivity index (χ1) is 10.3. The van der Waals surface area contributed by atoms with Crippen LogP contribution in [0.15, 0.2) is 28.8 Å². The fourth-order valence-electron chi connectivity index (χ4n) is 1.85. The van der Waals surface area contributed by atoms with Gasteiger partial charge in [0.25, 0.3) is 0 Å². The van der Waals surface area contributed by atoms with Crippen LogP contribution in [0.1, 0.15) is 24.8 Å². The van der Waals surface area contributed by atoms with Gasteiger partial charge in [0.05, 0.1) is 23.2 Å². The molecule has 0 saturated heterocycles. The molecule has 1 heterocycles. The second-order valence-electron chi connectivity index (χ2n) is 5.11. The molecule has 116 valence electrons. The highest BCUT2D eigenvalue weighted by Crippen LogP contribution is 2.21. The van der Waals surface area contributed by atoms with Gasteiger partial charge in [-0.25, -0.2) is 0 Å². The van der Waals surface area contributed by atoms with Crippen molar-refractivity contribution in [1.82, 2.24) is 10.1 Å². The van der Waals surface area contributed by atoms with Crippen LogP contribution >= 0.6 is 0 Å². The van der Waals surface area contributed by atoms with Gasteiger partial charge in [0, 0.05) is 12.0 Å². The molecule has 2 rings (SSSR count). The number of hydrogen-bond donors (Lipinski definition) is 0. The Morgan fingerprint density at radius 2 is 1.95 bits per heavy atom. The van der Waals surface area contributed by atoms with Crippen molar-refractivity contribution in [3.63, 3.8) is 0 Å². The number of nitro groups is 2. The van der Waals surface area contributed by atoms with Crippen LogP contribution in [0.4, 0.5) is 0 Å². The van der Waals surface area contributed by atoms with Crippen molar-refractivity contribution in [3.8, 4) is 11.4 Å². The Labute approximate surface area is 125 Å². The molecule has 22 heavy (non-hydrogen) atoms. The number of nitrogens with zero attached hydrogens (tertiary/aromatic N) is 4. The summed E-state index contributed by atoms with van der Waals surface area (Å²) in [5, 5.41) is 25.5. The first-order valence-electron chi connectivity index (χ1n) is 6.51. The first kappa shape index (κ1) is 15.5. The minimum atomic E-state index is -2.27. The first-order valence-corrected chi connectivity index (χ1v) is 6.51. The minimum Gasteiger partial charge on any atom is -0.339 e. The van der Waals surface area contributed by atoms with Gasteiger partial charge in [-0.05, 0) is 13.0 Å². The van der Waals surface area contributed by atoms with E-state index >= 15 is 0 Å².